The lowest BCUT2D eigenvalue weighted by Crippen LogP contribution is -2.58. The summed E-state index contributed by atoms with van der Waals surface area (Å²) in [5.74, 6) is -1.82. The Morgan fingerprint density at radius 1 is 1.05 bits per heavy atom. The molecule has 11 nitrogen and oxygen atoms in total. The zero-order valence-electron chi connectivity index (χ0n) is 21.4. The van der Waals surface area contributed by atoms with Crippen LogP contribution in [0.5, 0.6) is 0 Å². The lowest BCUT2D eigenvalue weighted by atomic mass is 9.94. The number of anilines is 3. The first-order valence-corrected chi connectivity index (χ1v) is 13.1. The largest absolute Gasteiger partial charge is 0.381 e. The Hall–Kier alpha value is -3.84. The number of benzene rings is 1. The number of ether oxygens (including phenoxy) is 1. The number of hydrogen-bond acceptors (Lipinski definition) is 8. The molecular weight excluding hydrogens is 510 g/mol. The quantitative estimate of drug-likeness (QED) is 0.501. The minimum atomic E-state index is -0.633. The predicted octanol–water partition coefficient (Wildman–Crippen LogP) is 1.60. The lowest BCUT2D eigenvalue weighted by molar-refractivity contribution is -0.140. The second kappa shape index (κ2) is 10.4. The van der Waals surface area contributed by atoms with E-state index < -0.39 is 17.5 Å². The molecule has 0 spiro atoms. The third-order valence-electron chi connectivity index (χ3n) is 7.85. The molecule has 3 aromatic rings. The molecule has 0 bridgehead atoms. The Labute approximate surface area is 223 Å². The summed E-state index contributed by atoms with van der Waals surface area (Å²) >= 11 is 0. The van der Waals surface area contributed by atoms with Gasteiger partial charge in [0.15, 0.2) is 17.3 Å². The summed E-state index contributed by atoms with van der Waals surface area (Å²) in [5, 5.41) is 6.68. The van der Waals surface area contributed by atoms with Crippen molar-refractivity contribution in [3.63, 3.8) is 0 Å². The van der Waals surface area contributed by atoms with Crippen molar-refractivity contribution in [2.75, 3.05) is 68.4 Å². The SMILES string of the molecule is Nc1nn2cc(F)cnc2c1C(=O)Nc1cccc(F)c1N1CCC(C(=O)N2CCN(C3COC3)CC2)CC1. The number of aromatic nitrogens is 3. The molecule has 206 valence electrons. The van der Waals surface area contributed by atoms with Crippen LogP contribution >= 0.6 is 0 Å². The lowest BCUT2D eigenvalue weighted by Gasteiger charge is -2.43. The molecule has 3 saturated heterocycles. The van der Waals surface area contributed by atoms with Gasteiger partial charge in [0.1, 0.15) is 11.4 Å². The van der Waals surface area contributed by atoms with Crippen LogP contribution in [-0.2, 0) is 9.53 Å². The van der Waals surface area contributed by atoms with Crippen molar-refractivity contribution in [2.45, 2.75) is 18.9 Å². The third kappa shape index (κ3) is 4.87. The fourth-order valence-corrected chi connectivity index (χ4v) is 5.62. The minimum Gasteiger partial charge on any atom is -0.381 e. The van der Waals surface area contributed by atoms with E-state index in [-0.39, 0.29) is 40.2 Å². The molecule has 3 aliphatic heterocycles. The number of hydrogen-bond donors (Lipinski definition) is 2. The average molecular weight is 541 g/mol. The maximum Gasteiger partial charge on any atom is 0.263 e. The van der Waals surface area contributed by atoms with E-state index in [0.717, 1.165) is 43.2 Å². The highest BCUT2D eigenvalue weighted by molar-refractivity contribution is 6.12. The molecule has 0 radical (unpaired) electrons. The molecule has 0 unspecified atom stereocenters. The van der Waals surface area contributed by atoms with Crippen LogP contribution in [0.3, 0.4) is 0 Å². The number of nitrogens with zero attached hydrogens (tertiary/aromatic N) is 6. The van der Waals surface area contributed by atoms with Crippen molar-refractivity contribution in [3.05, 3.63) is 47.8 Å². The van der Waals surface area contributed by atoms with Crippen LogP contribution in [0, 0.1) is 17.6 Å². The van der Waals surface area contributed by atoms with E-state index in [0.29, 0.717) is 45.1 Å². The fraction of sp³-hybridized carbons (Fsp3) is 0.462. The normalized spacial score (nSPS) is 19.3. The Kier molecular flexibility index (Phi) is 6.77. The Morgan fingerprint density at radius 2 is 1.79 bits per heavy atom. The summed E-state index contributed by atoms with van der Waals surface area (Å²) in [6.07, 6.45) is 3.22. The molecule has 1 aromatic carbocycles. The first-order chi connectivity index (χ1) is 18.9. The predicted molar refractivity (Wildman–Crippen MR) is 139 cm³/mol. The van der Waals surface area contributed by atoms with E-state index in [1.54, 1.807) is 6.07 Å². The molecule has 3 fully saturated rings. The molecule has 13 heteroatoms. The Morgan fingerprint density at radius 3 is 2.49 bits per heavy atom. The number of piperazine rings is 1. The first-order valence-electron chi connectivity index (χ1n) is 13.1. The molecule has 39 heavy (non-hydrogen) atoms. The van der Waals surface area contributed by atoms with Crippen molar-refractivity contribution < 1.29 is 23.1 Å². The summed E-state index contributed by atoms with van der Waals surface area (Å²) in [7, 11) is 0. The van der Waals surface area contributed by atoms with Crippen LogP contribution in [0.25, 0.3) is 5.65 Å². The summed E-state index contributed by atoms with van der Waals surface area (Å²) in [6.45, 7) is 5.64. The second-order valence-corrected chi connectivity index (χ2v) is 10.2. The van der Waals surface area contributed by atoms with Crippen LogP contribution < -0.4 is 16.0 Å². The van der Waals surface area contributed by atoms with Gasteiger partial charge in [0, 0.05) is 45.2 Å². The molecule has 2 aromatic heterocycles. The van der Waals surface area contributed by atoms with Crippen molar-refractivity contribution in [1.29, 1.82) is 0 Å². The zero-order chi connectivity index (χ0) is 27.1. The molecule has 2 amide bonds. The van der Waals surface area contributed by atoms with Crippen LogP contribution in [0.4, 0.5) is 26.0 Å². The average Bonchev–Trinajstić information content (AvgIpc) is 3.23. The molecule has 0 saturated carbocycles. The number of halogens is 2. The number of piperidine rings is 1. The molecule has 3 N–H and O–H groups in total. The Balaban J connectivity index is 1.12. The molecular formula is C26H30F2N8O3. The summed E-state index contributed by atoms with van der Waals surface area (Å²) in [6, 6.07) is 4.93. The molecule has 0 atom stereocenters. The monoisotopic (exact) mass is 540 g/mol. The van der Waals surface area contributed by atoms with E-state index >= 15 is 4.39 Å². The summed E-state index contributed by atoms with van der Waals surface area (Å²) in [4.78, 5) is 36.5. The van der Waals surface area contributed by atoms with E-state index in [9.17, 15) is 14.0 Å². The highest BCUT2D eigenvalue weighted by atomic mass is 19.1. The van der Waals surface area contributed by atoms with Gasteiger partial charge in [-0.05, 0) is 25.0 Å². The van der Waals surface area contributed by atoms with Gasteiger partial charge in [-0.25, -0.2) is 18.3 Å². The van der Waals surface area contributed by atoms with E-state index in [2.05, 4.69) is 20.3 Å². The van der Waals surface area contributed by atoms with Crippen LogP contribution in [-0.4, -0.2) is 94.7 Å². The standard InChI is InChI=1S/C26H30F2N8O3/c27-17-12-30-24-21(23(29)32-36(24)13-17)25(37)31-20-3-1-2-19(28)22(20)34-6-4-16(5-7-34)26(38)35-10-8-33(9-11-35)18-14-39-15-18/h1-3,12-13,16,18H,4-11,14-15H2,(H2,29,32)(H,31,37). The molecule has 0 aliphatic carbocycles. The highest BCUT2D eigenvalue weighted by Gasteiger charge is 2.34. The van der Waals surface area contributed by atoms with Gasteiger partial charge < -0.3 is 25.6 Å². The smallest absolute Gasteiger partial charge is 0.263 e. The van der Waals surface area contributed by atoms with Crippen molar-refractivity contribution in [3.8, 4) is 0 Å². The van der Waals surface area contributed by atoms with Gasteiger partial charge in [-0.1, -0.05) is 6.07 Å². The maximum absolute atomic E-state index is 15.1. The number of carbonyl (C=O) groups excluding carboxylic acids is 2. The number of amides is 2. The number of nitrogens with two attached hydrogens (primary N) is 1. The molecule has 6 rings (SSSR count). The van der Waals surface area contributed by atoms with Gasteiger partial charge in [0.25, 0.3) is 5.91 Å². The number of nitrogen functional groups attached to an aromatic ring is 1. The van der Waals surface area contributed by atoms with E-state index in [1.165, 1.54) is 12.1 Å². The maximum atomic E-state index is 15.1. The molecule has 5 heterocycles. The van der Waals surface area contributed by atoms with Gasteiger partial charge in [-0.15, -0.1) is 5.10 Å². The summed E-state index contributed by atoms with van der Waals surface area (Å²) in [5.41, 5.74) is 6.50. The number of rotatable bonds is 5. The Bertz CT molecular complexity index is 1400. The van der Waals surface area contributed by atoms with Gasteiger partial charge in [-0.2, -0.15) is 0 Å². The van der Waals surface area contributed by atoms with Gasteiger partial charge in [-0.3, -0.25) is 14.5 Å². The highest BCUT2D eigenvalue weighted by Crippen LogP contribution is 2.34. The second-order valence-electron chi connectivity index (χ2n) is 10.2. The van der Waals surface area contributed by atoms with Crippen molar-refractivity contribution >= 4 is 34.7 Å². The first kappa shape index (κ1) is 25.4. The van der Waals surface area contributed by atoms with Gasteiger partial charge >= 0.3 is 0 Å². The zero-order valence-corrected chi connectivity index (χ0v) is 21.4. The summed E-state index contributed by atoms with van der Waals surface area (Å²) < 4.78 is 35.0. The van der Waals surface area contributed by atoms with Crippen LogP contribution in [0.2, 0.25) is 0 Å². The van der Waals surface area contributed by atoms with Gasteiger partial charge in [0.05, 0.1) is 43.0 Å². The van der Waals surface area contributed by atoms with Crippen molar-refractivity contribution in [2.24, 2.45) is 5.92 Å². The number of carbonyl (C=O) groups is 2. The van der Waals surface area contributed by atoms with E-state index in [4.69, 9.17) is 10.5 Å². The fourth-order valence-electron chi connectivity index (χ4n) is 5.62. The van der Waals surface area contributed by atoms with Crippen molar-refractivity contribution in [1.82, 2.24) is 24.4 Å². The van der Waals surface area contributed by atoms with Gasteiger partial charge in [0.2, 0.25) is 5.91 Å². The van der Waals surface area contributed by atoms with E-state index in [1.807, 2.05) is 9.80 Å². The minimum absolute atomic E-state index is 0.0283. The van der Waals surface area contributed by atoms with Crippen LogP contribution in [0.15, 0.2) is 30.6 Å². The third-order valence-corrected chi connectivity index (χ3v) is 7.85. The number of para-hydroxylation sites is 1. The molecule has 3 aliphatic rings. The topological polar surface area (TPSA) is 121 Å². The number of nitrogens with one attached hydrogen (secondary N) is 1. The number of fused-ring (bicyclic) bond motifs is 1. The van der Waals surface area contributed by atoms with Crippen LogP contribution in [0.1, 0.15) is 23.2 Å².